The van der Waals surface area contributed by atoms with Crippen LogP contribution in [0.1, 0.15) is 0 Å². The van der Waals surface area contributed by atoms with E-state index in [1.165, 1.54) is 11.3 Å². The molecule has 2 aromatic rings. The van der Waals surface area contributed by atoms with Gasteiger partial charge in [0, 0.05) is 12.7 Å². The maximum atomic E-state index is 5.68. The van der Waals surface area contributed by atoms with Crippen LogP contribution in [0.4, 0.5) is 5.13 Å². The first-order valence-electron chi connectivity index (χ1n) is 5.58. The van der Waals surface area contributed by atoms with Crippen LogP contribution in [0.2, 0.25) is 0 Å². The Labute approximate surface area is 110 Å². The Kier molecular flexibility index (Phi) is 3.83. The van der Waals surface area contributed by atoms with E-state index in [1.54, 1.807) is 19.5 Å². The molecular formula is C11H17N5OS. The lowest BCUT2D eigenvalue weighted by Gasteiger charge is -2.11. The first kappa shape index (κ1) is 12.8. The molecule has 7 heteroatoms. The van der Waals surface area contributed by atoms with E-state index in [-0.39, 0.29) is 0 Å². The topological polar surface area (TPSA) is 69.2 Å². The van der Waals surface area contributed by atoms with Gasteiger partial charge in [-0.2, -0.15) is 5.10 Å². The molecule has 0 radical (unpaired) electrons. The van der Waals surface area contributed by atoms with Crippen molar-refractivity contribution in [3.05, 3.63) is 12.4 Å². The molecule has 0 aliphatic carbocycles. The first-order valence-corrected chi connectivity index (χ1v) is 6.39. The zero-order chi connectivity index (χ0) is 13.1. The van der Waals surface area contributed by atoms with E-state index in [9.17, 15) is 0 Å². The first-order chi connectivity index (χ1) is 8.61. The number of hydrogen-bond acceptors (Lipinski definition) is 6. The largest absolute Gasteiger partial charge is 0.493 e. The molecule has 2 rings (SSSR count). The fourth-order valence-electron chi connectivity index (χ4n) is 1.63. The maximum absolute atomic E-state index is 5.68. The van der Waals surface area contributed by atoms with Crippen LogP contribution in [0, 0.1) is 0 Å². The van der Waals surface area contributed by atoms with Crippen LogP contribution in [-0.2, 0) is 6.54 Å². The normalized spacial score (nSPS) is 11.1. The van der Waals surface area contributed by atoms with E-state index < -0.39 is 0 Å². The van der Waals surface area contributed by atoms with Crippen LogP contribution in [0.5, 0.6) is 5.75 Å². The molecule has 2 N–H and O–H groups in total. The molecule has 0 aliphatic rings. The van der Waals surface area contributed by atoms with Crippen LogP contribution in [0.25, 0.3) is 10.6 Å². The van der Waals surface area contributed by atoms with Gasteiger partial charge in [-0.25, -0.2) is 4.98 Å². The summed E-state index contributed by atoms with van der Waals surface area (Å²) in [5.41, 5.74) is 6.62. The number of nitrogen functional groups attached to an aromatic ring is 1. The van der Waals surface area contributed by atoms with Crippen molar-refractivity contribution in [2.24, 2.45) is 0 Å². The minimum absolute atomic E-state index is 0.549. The molecular weight excluding hydrogens is 250 g/mol. The summed E-state index contributed by atoms with van der Waals surface area (Å²) in [4.78, 5) is 7.16. The smallest absolute Gasteiger partial charge is 0.180 e. The van der Waals surface area contributed by atoms with Crippen molar-refractivity contribution in [3.63, 3.8) is 0 Å². The summed E-state index contributed by atoms with van der Waals surface area (Å²) < 4.78 is 7.26. The predicted molar refractivity (Wildman–Crippen MR) is 72.9 cm³/mol. The second-order valence-corrected chi connectivity index (χ2v) is 5.21. The Morgan fingerprint density at radius 2 is 2.22 bits per heavy atom. The number of ether oxygens (including phenoxy) is 1. The van der Waals surface area contributed by atoms with Crippen molar-refractivity contribution in [1.82, 2.24) is 19.7 Å². The molecule has 0 amide bonds. The molecule has 0 atom stereocenters. The van der Waals surface area contributed by atoms with Gasteiger partial charge in [0.1, 0.15) is 5.69 Å². The van der Waals surface area contributed by atoms with Gasteiger partial charge in [0.05, 0.1) is 24.7 Å². The lowest BCUT2D eigenvalue weighted by atomic mass is 10.3. The summed E-state index contributed by atoms with van der Waals surface area (Å²) in [6.07, 6.45) is 3.48. The number of aromatic nitrogens is 3. The van der Waals surface area contributed by atoms with Crippen molar-refractivity contribution in [2.75, 3.05) is 33.5 Å². The molecule has 0 aromatic carbocycles. The van der Waals surface area contributed by atoms with Crippen molar-refractivity contribution in [1.29, 1.82) is 0 Å². The highest BCUT2D eigenvalue weighted by atomic mass is 32.1. The molecule has 0 spiro atoms. The van der Waals surface area contributed by atoms with Crippen LogP contribution in [-0.4, -0.2) is 47.4 Å². The SMILES string of the molecule is COc1cnn(CCN(C)C)c1-c1cnc(N)s1. The minimum atomic E-state index is 0.549. The quantitative estimate of drug-likeness (QED) is 0.880. The summed E-state index contributed by atoms with van der Waals surface area (Å²) in [6.45, 7) is 1.70. The van der Waals surface area contributed by atoms with E-state index in [4.69, 9.17) is 10.5 Å². The van der Waals surface area contributed by atoms with Gasteiger partial charge in [-0.3, -0.25) is 4.68 Å². The molecule has 6 nitrogen and oxygen atoms in total. The van der Waals surface area contributed by atoms with Gasteiger partial charge >= 0.3 is 0 Å². The average Bonchev–Trinajstić information content (AvgIpc) is 2.91. The van der Waals surface area contributed by atoms with Crippen LogP contribution < -0.4 is 10.5 Å². The second-order valence-electron chi connectivity index (χ2n) is 4.15. The third kappa shape index (κ3) is 2.62. The highest BCUT2D eigenvalue weighted by Crippen LogP contribution is 2.34. The highest BCUT2D eigenvalue weighted by Gasteiger charge is 2.16. The monoisotopic (exact) mass is 267 g/mol. The summed E-state index contributed by atoms with van der Waals surface area (Å²) in [6, 6.07) is 0. The minimum Gasteiger partial charge on any atom is -0.493 e. The number of hydrogen-bond donors (Lipinski definition) is 1. The van der Waals surface area contributed by atoms with Crippen LogP contribution >= 0.6 is 11.3 Å². The van der Waals surface area contributed by atoms with Gasteiger partial charge in [0.15, 0.2) is 10.9 Å². The summed E-state index contributed by atoms with van der Waals surface area (Å²) >= 11 is 1.44. The van der Waals surface area contributed by atoms with Gasteiger partial charge in [-0.1, -0.05) is 11.3 Å². The molecule has 0 fully saturated rings. The number of anilines is 1. The third-order valence-electron chi connectivity index (χ3n) is 2.54. The predicted octanol–water partition coefficient (Wildman–Crippen LogP) is 1.16. The van der Waals surface area contributed by atoms with Gasteiger partial charge in [-0.05, 0) is 14.1 Å². The molecule has 2 aromatic heterocycles. The lowest BCUT2D eigenvalue weighted by Crippen LogP contribution is -2.19. The maximum Gasteiger partial charge on any atom is 0.180 e. The second kappa shape index (κ2) is 5.36. The fourth-order valence-corrected chi connectivity index (χ4v) is 2.37. The zero-order valence-electron chi connectivity index (χ0n) is 10.8. The highest BCUT2D eigenvalue weighted by molar-refractivity contribution is 7.18. The summed E-state index contributed by atoms with van der Waals surface area (Å²) in [5, 5.41) is 4.90. The number of nitrogens with two attached hydrogens (primary N) is 1. The van der Waals surface area contributed by atoms with Crippen molar-refractivity contribution >= 4 is 16.5 Å². The molecule has 0 bridgehead atoms. The van der Waals surface area contributed by atoms with Gasteiger partial charge in [-0.15, -0.1) is 0 Å². The molecule has 2 heterocycles. The number of methoxy groups -OCH3 is 1. The van der Waals surface area contributed by atoms with E-state index in [0.29, 0.717) is 5.13 Å². The van der Waals surface area contributed by atoms with Gasteiger partial charge in [0.2, 0.25) is 0 Å². The molecule has 98 valence electrons. The number of rotatable bonds is 5. The Hall–Kier alpha value is -1.60. The van der Waals surface area contributed by atoms with Crippen molar-refractivity contribution in [3.8, 4) is 16.3 Å². The number of thiazole rings is 1. The Morgan fingerprint density at radius 1 is 1.44 bits per heavy atom. The molecule has 0 aliphatic heterocycles. The van der Waals surface area contributed by atoms with E-state index in [0.717, 1.165) is 29.4 Å². The van der Waals surface area contributed by atoms with Crippen LogP contribution in [0.15, 0.2) is 12.4 Å². The van der Waals surface area contributed by atoms with Crippen molar-refractivity contribution in [2.45, 2.75) is 6.54 Å². The molecule has 0 unspecified atom stereocenters. The standard InChI is InChI=1S/C11H17N5OS/c1-15(2)4-5-16-10(8(17-3)6-14-16)9-7-13-11(12)18-9/h6-7H,4-5H2,1-3H3,(H2,12,13). The molecule has 0 saturated carbocycles. The molecule has 18 heavy (non-hydrogen) atoms. The van der Waals surface area contributed by atoms with E-state index >= 15 is 0 Å². The Morgan fingerprint density at radius 3 is 2.78 bits per heavy atom. The fraction of sp³-hybridized carbons (Fsp3) is 0.455. The third-order valence-corrected chi connectivity index (χ3v) is 3.37. The van der Waals surface area contributed by atoms with Crippen molar-refractivity contribution < 1.29 is 4.74 Å². The molecule has 0 saturated heterocycles. The zero-order valence-corrected chi connectivity index (χ0v) is 11.6. The van der Waals surface area contributed by atoms with E-state index in [2.05, 4.69) is 15.0 Å². The Bertz CT molecular complexity index is 519. The van der Waals surface area contributed by atoms with Crippen LogP contribution in [0.3, 0.4) is 0 Å². The summed E-state index contributed by atoms with van der Waals surface area (Å²) in [5.74, 6) is 0.748. The number of nitrogens with zero attached hydrogens (tertiary/aromatic N) is 4. The van der Waals surface area contributed by atoms with Gasteiger partial charge in [0.25, 0.3) is 0 Å². The lowest BCUT2D eigenvalue weighted by molar-refractivity contribution is 0.373. The summed E-state index contributed by atoms with van der Waals surface area (Å²) in [7, 11) is 5.71. The Balaban J connectivity index is 2.33. The average molecular weight is 267 g/mol. The number of likely N-dealkylation sites (N-methyl/N-ethyl adjacent to an activating group) is 1. The van der Waals surface area contributed by atoms with E-state index in [1.807, 2.05) is 18.8 Å². The van der Waals surface area contributed by atoms with Gasteiger partial charge < -0.3 is 15.4 Å².